The molecule has 0 spiro atoms. The monoisotopic (exact) mass is 490 g/mol. The number of pyridine rings is 1. The average Bonchev–Trinajstić information content (AvgIpc) is 2.78. The summed E-state index contributed by atoms with van der Waals surface area (Å²) in [4.78, 5) is 13.2. The van der Waals surface area contributed by atoms with E-state index in [2.05, 4.69) is 20.3 Å². The topological polar surface area (TPSA) is 94.1 Å². The van der Waals surface area contributed by atoms with Crippen LogP contribution in [0.2, 0.25) is 0 Å². The molecule has 0 radical (unpaired) electrons. The molecule has 0 amide bonds. The van der Waals surface area contributed by atoms with Crippen LogP contribution < -0.4 is 10.1 Å². The molecule has 1 aromatic carbocycles. The third kappa shape index (κ3) is 4.82. The molecule has 1 aliphatic rings. The van der Waals surface area contributed by atoms with E-state index in [0.29, 0.717) is 41.1 Å². The standard InChI is InChI=1S/C24H28F2N4O3S/c1-14-17(6-5-7-20(14)24(3,25)26)15(2)29-21-19-12-18(16-8-10-34(31,32)11-9-16)23(33-4)30-22(19)28-13-27-21/h5-7,12-13,15-16H,8-11H2,1-4H3,(H,27,28,29,30)/t15-/m1/s1. The van der Waals surface area contributed by atoms with Gasteiger partial charge in [0, 0.05) is 18.1 Å². The fourth-order valence-corrected chi connectivity index (χ4v) is 6.13. The van der Waals surface area contributed by atoms with E-state index in [4.69, 9.17) is 4.74 Å². The molecule has 0 aliphatic carbocycles. The SMILES string of the molecule is COc1nc2ncnc(N[C@H](C)c3cccc(C(C)(F)F)c3C)c2cc1C1CCS(=O)(=O)CC1. The lowest BCUT2D eigenvalue weighted by Crippen LogP contribution is -2.22. The van der Waals surface area contributed by atoms with Crippen molar-refractivity contribution in [2.75, 3.05) is 23.9 Å². The van der Waals surface area contributed by atoms with Crippen LogP contribution in [0.5, 0.6) is 5.88 Å². The fourth-order valence-electron chi connectivity index (χ4n) is 4.64. The van der Waals surface area contributed by atoms with Gasteiger partial charge in [-0.15, -0.1) is 0 Å². The Hall–Kier alpha value is -2.88. The van der Waals surface area contributed by atoms with Gasteiger partial charge >= 0.3 is 0 Å². The lowest BCUT2D eigenvalue weighted by molar-refractivity contribution is 0.0167. The number of sulfone groups is 1. The maximum absolute atomic E-state index is 14.0. The number of alkyl halides is 2. The highest BCUT2D eigenvalue weighted by molar-refractivity contribution is 7.91. The molecule has 182 valence electrons. The lowest BCUT2D eigenvalue weighted by atomic mass is 9.93. The van der Waals surface area contributed by atoms with Crippen LogP contribution in [0.4, 0.5) is 14.6 Å². The number of rotatable bonds is 6. The number of ether oxygens (including phenoxy) is 1. The minimum absolute atomic E-state index is 0.00728. The number of hydrogen-bond donors (Lipinski definition) is 1. The van der Waals surface area contributed by atoms with Crippen LogP contribution in [0.15, 0.2) is 30.6 Å². The summed E-state index contributed by atoms with van der Waals surface area (Å²) in [5.41, 5.74) is 2.51. The summed E-state index contributed by atoms with van der Waals surface area (Å²) in [5.74, 6) is -1.75. The molecule has 0 bridgehead atoms. The summed E-state index contributed by atoms with van der Waals surface area (Å²) in [5, 5.41) is 3.99. The van der Waals surface area contributed by atoms with Crippen LogP contribution in [0, 0.1) is 6.92 Å². The highest BCUT2D eigenvalue weighted by Crippen LogP contribution is 2.38. The second-order valence-corrected chi connectivity index (χ2v) is 11.2. The average molecular weight is 491 g/mol. The quantitative estimate of drug-likeness (QED) is 0.524. The Morgan fingerprint density at radius 1 is 1.21 bits per heavy atom. The molecule has 3 heterocycles. The summed E-state index contributed by atoms with van der Waals surface area (Å²) in [6.07, 6.45) is 2.38. The van der Waals surface area contributed by atoms with E-state index in [1.54, 1.807) is 13.0 Å². The van der Waals surface area contributed by atoms with Gasteiger partial charge in [-0.3, -0.25) is 0 Å². The van der Waals surface area contributed by atoms with E-state index in [1.807, 2.05) is 19.1 Å². The van der Waals surface area contributed by atoms with E-state index in [0.717, 1.165) is 18.1 Å². The minimum Gasteiger partial charge on any atom is -0.481 e. The molecule has 1 fully saturated rings. The van der Waals surface area contributed by atoms with Crippen molar-refractivity contribution in [3.05, 3.63) is 52.8 Å². The zero-order valence-electron chi connectivity index (χ0n) is 19.6. The van der Waals surface area contributed by atoms with Gasteiger partial charge in [0.2, 0.25) is 5.88 Å². The van der Waals surface area contributed by atoms with E-state index in [-0.39, 0.29) is 29.0 Å². The van der Waals surface area contributed by atoms with Crippen molar-refractivity contribution in [2.45, 2.75) is 51.5 Å². The fraction of sp³-hybridized carbons (Fsp3) is 0.458. The Morgan fingerprint density at radius 2 is 1.91 bits per heavy atom. The van der Waals surface area contributed by atoms with Crippen LogP contribution in [-0.2, 0) is 15.8 Å². The van der Waals surface area contributed by atoms with Gasteiger partial charge in [0.25, 0.3) is 5.92 Å². The van der Waals surface area contributed by atoms with Gasteiger partial charge in [0.1, 0.15) is 22.0 Å². The molecule has 34 heavy (non-hydrogen) atoms. The van der Waals surface area contributed by atoms with Crippen LogP contribution in [0.1, 0.15) is 60.9 Å². The summed E-state index contributed by atoms with van der Waals surface area (Å²) < 4.78 is 57.4. The largest absolute Gasteiger partial charge is 0.481 e. The van der Waals surface area contributed by atoms with Gasteiger partial charge in [-0.25, -0.2) is 27.2 Å². The van der Waals surface area contributed by atoms with Gasteiger partial charge in [0.15, 0.2) is 5.65 Å². The number of nitrogens with one attached hydrogen (secondary N) is 1. The molecule has 1 saturated heterocycles. The molecule has 4 rings (SSSR count). The third-order valence-electron chi connectivity index (χ3n) is 6.47. The highest BCUT2D eigenvalue weighted by atomic mass is 32.2. The van der Waals surface area contributed by atoms with Gasteiger partial charge in [-0.1, -0.05) is 18.2 Å². The molecule has 3 aromatic rings. The number of fused-ring (bicyclic) bond motifs is 1. The van der Waals surface area contributed by atoms with Crippen LogP contribution in [0.3, 0.4) is 0 Å². The molecule has 0 saturated carbocycles. The van der Waals surface area contributed by atoms with E-state index >= 15 is 0 Å². The molecule has 1 atom stereocenters. The summed E-state index contributed by atoms with van der Waals surface area (Å²) in [7, 11) is -1.48. The first-order chi connectivity index (χ1) is 16.0. The summed E-state index contributed by atoms with van der Waals surface area (Å²) >= 11 is 0. The first-order valence-corrected chi connectivity index (χ1v) is 13.0. The zero-order valence-corrected chi connectivity index (χ0v) is 20.4. The Kier molecular flexibility index (Phi) is 6.46. The second-order valence-electron chi connectivity index (χ2n) is 8.88. The predicted molar refractivity (Wildman–Crippen MR) is 127 cm³/mol. The van der Waals surface area contributed by atoms with Crippen molar-refractivity contribution in [1.82, 2.24) is 15.0 Å². The Balaban J connectivity index is 1.71. The van der Waals surface area contributed by atoms with Crippen molar-refractivity contribution in [3.63, 3.8) is 0 Å². The van der Waals surface area contributed by atoms with Crippen molar-refractivity contribution >= 4 is 26.7 Å². The number of benzene rings is 1. The van der Waals surface area contributed by atoms with Gasteiger partial charge in [-0.05, 0) is 49.8 Å². The number of aromatic nitrogens is 3. The Labute approximate surface area is 197 Å². The minimum atomic E-state index is -3.01. The normalized spacial score (nSPS) is 17.5. The number of hydrogen-bond acceptors (Lipinski definition) is 7. The Bertz CT molecular complexity index is 1310. The van der Waals surface area contributed by atoms with E-state index in [9.17, 15) is 17.2 Å². The van der Waals surface area contributed by atoms with E-state index in [1.165, 1.54) is 19.5 Å². The van der Waals surface area contributed by atoms with Gasteiger partial charge in [0.05, 0.1) is 30.0 Å². The Morgan fingerprint density at radius 3 is 2.56 bits per heavy atom. The molecule has 7 nitrogen and oxygen atoms in total. The zero-order chi connectivity index (χ0) is 24.7. The maximum Gasteiger partial charge on any atom is 0.270 e. The van der Waals surface area contributed by atoms with Crippen molar-refractivity contribution in [3.8, 4) is 5.88 Å². The highest BCUT2D eigenvalue weighted by Gasteiger charge is 2.29. The smallest absolute Gasteiger partial charge is 0.270 e. The molecular weight excluding hydrogens is 462 g/mol. The maximum atomic E-state index is 14.0. The molecular formula is C24H28F2N4O3S. The predicted octanol–water partition coefficient (Wildman–Crippen LogP) is 4.92. The number of methoxy groups -OCH3 is 1. The van der Waals surface area contributed by atoms with E-state index < -0.39 is 15.8 Å². The molecule has 0 unspecified atom stereocenters. The van der Waals surface area contributed by atoms with Gasteiger partial charge in [-0.2, -0.15) is 4.98 Å². The molecule has 1 N–H and O–H groups in total. The van der Waals surface area contributed by atoms with Gasteiger partial charge < -0.3 is 10.1 Å². The molecule has 1 aliphatic heterocycles. The molecule has 10 heteroatoms. The summed E-state index contributed by atoms with van der Waals surface area (Å²) in [6, 6.07) is 6.49. The van der Waals surface area contributed by atoms with Crippen molar-refractivity contribution in [2.24, 2.45) is 0 Å². The first kappa shape index (κ1) is 24.3. The number of nitrogens with zero attached hydrogens (tertiary/aromatic N) is 3. The van der Waals surface area contributed by atoms with Crippen molar-refractivity contribution in [1.29, 1.82) is 0 Å². The number of halogens is 2. The van der Waals surface area contributed by atoms with Crippen LogP contribution in [0.25, 0.3) is 11.0 Å². The van der Waals surface area contributed by atoms with Crippen LogP contribution >= 0.6 is 0 Å². The third-order valence-corrected chi connectivity index (χ3v) is 8.19. The first-order valence-electron chi connectivity index (χ1n) is 11.1. The summed E-state index contributed by atoms with van der Waals surface area (Å²) in [6.45, 7) is 4.48. The van der Waals surface area contributed by atoms with Crippen molar-refractivity contribution < 1.29 is 21.9 Å². The molecule has 2 aromatic heterocycles. The number of anilines is 1. The lowest BCUT2D eigenvalue weighted by Gasteiger charge is -2.24. The second kappa shape index (κ2) is 9.05. The van der Waals surface area contributed by atoms with Crippen LogP contribution in [-0.4, -0.2) is 42.0 Å².